The third-order valence-electron chi connectivity index (χ3n) is 3.74. The van der Waals surface area contributed by atoms with Crippen LogP contribution in [0.25, 0.3) is 0 Å². The summed E-state index contributed by atoms with van der Waals surface area (Å²) in [4.78, 5) is 0. The summed E-state index contributed by atoms with van der Waals surface area (Å²) in [6.45, 7) is 6.69. The molecule has 0 saturated heterocycles. The van der Waals surface area contributed by atoms with Crippen molar-refractivity contribution < 1.29 is 4.74 Å². The number of hydrogen-bond acceptors (Lipinski definition) is 3. The van der Waals surface area contributed by atoms with Gasteiger partial charge in [0.1, 0.15) is 11.8 Å². The molecule has 0 bridgehead atoms. The van der Waals surface area contributed by atoms with Crippen LogP contribution in [0.5, 0.6) is 0 Å². The summed E-state index contributed by atoms with van der Waals surface area (Å²) in [6.07, 6.45) is 0.803. The maximum atomic E-state index is 5.65. The standard InChI is InChI=1S/C19H20N2O/c1-3-22-15(2)19-14-18(16-10-6-4-7-11-16)20-21(19)17-12-8-5-9-13-17/h4-13,19H,2-3,14H2,1H3/t19-/m0/s1. The van der Waals surface area contributed by atoms with Gasteiger partial charge in [0, 0.05) is 6.42 Å². The van der Waals surface area contributed by atoms with Gasteiger partial charge in [0.2, 0.25) is 0 Å². The van der Waals surface area contributed by atoms with Crippen molar-refractivity contribution in [2.24, 2.45) is 5.10 Å². The van der Waals surface area contributed by atoms with Crippen molar-refractivity contribution in [3.05, 3.63) is 78.6 Å². The second-order valence-electron chi connectivity index (χ2n) is 5.21. The summed E-state index contributed by atoms with van der Waals surface area (Å²) < 4.78 is 5.65. The van der Waals surface area contributed by atoms with Gasteiger partial charge in [-0.15, -0.1) is 0 Å². The van der Waals surface area contributed by atoms with Crippen molar-refractivity contribution >= 4 is 11.4 Å². The molecular formula is C19H20N2O. The van der Waals surface area contributed by atoms with Crippen molar-refractivity contribution in [2.45, 2.75) is 19.4 Å². The first-order valence-corrected chi connectivity index (χ1v) is 7.58. The fourth-order valence-corrected chi connectivity index (χ4v) is 2.67. The normalized spacial score (nSPS) is 17.2. The molecule has 2 aromatic carbocycles. The Balaban J connectivity index is 1.94. The molecule has 3 nitrogen and oxygen atoms in total. The Morgan fingerprint density at radius 2 is 1.77 bits per heavy atom. The molecule has 22 heavy (non-hydrogen) atoms. The van der Waals surface area contributed by atoms with Crippen LogP contribution in [0.1, 0.15) is 18.9 Å². The molecule has 1 heterocycles. The van der Waals surface area contributed by atoms with Gasteiger partial charge < -0.3 is 4.74 Å². The number of hydrogen-bond donors (Lipinski definition) is 0. The number of para-hydroxylation sites is 1. The lowest BCUT2D eigenvalue weighted by molar-refractivity contribution is 0.211. The monoisotopic (exact) mass is 292 g/mol. The summed E-state index contributed by atoms with van der Waals surface area (Å²) in [5, 5.41) is 6.84. The molecule has 0 spiro atoms. The Labute approximate surface area is 131 Å². The predicted octanol–water partition coefficient (Wildman–Crippen LogP) is 4.22. The van der Waals surface area contributed by atoms with Crippen LogP contribution in [0, 0.1) is 0 Å². The summed E-state index contributed by atoms with van der Waals surface area (Å²) in [6, 6.07) is 20.5. The Morgan fingerprint density at radius 3 is 2.41 bits per heavy atom. The molecule has 0 amide bonds. The van der Waals surface area contributed by atoms with Gasteiger partial charge in [-0.2, -0.15) is 5.10 Å². The Bertz CT molecular complexity index is 664. The molecule has 1 aliphatic rings. The first-order chi connectivity index (χ1) is 10.8. The lowest BCUT2D eigenvalue weighted by atomic mass is 10.0. The van der Waals surface area contributed by atoms with Gasteiger partial charge in [-0.05, 0) is 24.6 Å². The van der Waals surface area contributed by atoms with E-state index >= 15 is 0 Å². The van der Waals surface area contributed by atoms with Crippen molar-refractivity contribution in [3.8, 4) is 0 Å². The first-order valence-electron chi connectivity index (χ1n) is 7.58. The van der Waals surface area contributed by atoms with E-state index in [4.69, 9.17) is 9.84 Å². The van der Waals surface area contributed by atoms with E-state index in [0.717, 1.165) is 29.1 Å². The Morgan fingerprint density at radius 1 is 1.14 bits per heavy atom. The summed E-state index contributed by atoms with van der Waals surface area (Å²) in [5.74, 6) is 0.765. The van der Waals surface area contributed by atoms with Crippen LogP contribution in [0.2, 0.25) is 0 Å². The highest BCUT2D eigenvalue weighted by Crippen LogP contribution is 2.30. The predicted molar refractivity (Wildman–Crippen MR) is 91.1 cm³/mol. The molecular weight excluding hydrogens is 272 g/mol. The largest absolute Gasteiger partial charge is 0.497 e. The molecule has 112 valence electrons. The maximum Gasteiger partial charge on any atom is 0.115 e. The van der Waals surface area contributed by atoms with Gasteiger partial charge in [-0.1, -0.05) is 55.1 Å². The number of benzene rings is 2. The summed E-state index contributed by atoms with van der Waals surface area (Å²) in [7, 11) is 0. The van der Waals surface area contributed by atoms with E-state index in [9.17, 15) is 0 Å². The van der Waals surface area contributed by atoms with Gasteiger partial charge in [0.05, 0.1) is 18.0 Å². The molecule has 0 N–H and O–H groups in total. The van der Waals surface area contributed by atoms with E-state index in [1.165, 1.54) is 0 Å². The van der Waals surface area contributed by atoms with Gasteiger partial charge >= 0.3 is 0 Å². The van der Waals surface area contributed by atoms with E-state index in [0.29, 0.717) is 6.61 Å². The average Bonchev–Trinajstić information content (AvgIpc) is 3.02. The molecule has 0 saturated carbocycles. The van der Waals surface area contributed by atoms with Crippen molar-refractivity contribution in [3.63, 3.8) is 0 Å². The molecule has 1 atom stereocenters. The van der Waals surface area contributed by atoms with Crippen LogP contribution in [-0.4, -0.2) is 18.4 Å². The topological polar surface area (TPSA) is 24.8 Å². The first kappa shape index (κ1) is 14.4. The van der Waals surface area contributed by atoms with Crippen LogP contribution in [0.4, 0.5) is 5.69 Å². The smallest absolute Gasteiger partial charge is 0.115 e. The molecule has 0 aliphatic carbocycles. The van der Waals surface area contributed by atoms with Crippen LogP contribution >= 0.6 is 0 Å². The van der Waals surface area contributed by atoms with Gasteiger partial charge in [-0.3, -0.25) is 5.01 Å². The zero-order chi connectivity index (χ0) is 15.4. The highest BCUT2D eigenvalue weighted by Gasteiger charge is 2.31. The fraction of sp³-hybridized carbons (Fsp3) is 0.211. The molecule has 3 heteroatoms. The van der Waals surface area contributed by atoms with Crippen LogP contribution in [-0.2, 0) is 4.74 Å². The van der Waals surface area contributed by atoms with E-state index in [-0.39, 0.29) is 6.04 Å². The Kier molecular flexibility index (Phi) is 4.24. The molecule has 2 aromatic rings. The molecule has 1 aliphatic heterocycles. The third kappa shape index (κ3) is 2.89. The minimum Gasteiger partial charge on any atom is -0.497 e. The molecule has 0 aromatic heterocycles. The van der Waals surface area contributed by atoms with Gasteiger partial charge in [0.15, 0.2) is 0 Å². The fourth-order valence-electron chi connectivity index (χ4n) is 2.67. The molecule has 0 radical (unpaired) electrons. The lowest BCUT2D eigenvalue weighted by Crippen LogP contribution is -2.29. The number of hydrazone groups is 1. The highest BCUT2D eigenvalue weighted by atomic mass is 16.5. The van der Waals surface area contributed by atoms with Crippen LogP contribution in [0.15, 0.2) is 78.1 Å². The molecule has 0 fully saturated rings. The Hall–Kier alpha value is -2.55. The van der Waals surface area contributed by atoms with Crippen molar-refractivity contribution in [2.75, 3.05) is 11.6 Å². The third-order valence-corrected chi connectivity index (χ3v) is 3.74. The number of nitrogens with zero attached hydrogens (tertiary/aromatic N) is 2. The number of anilines is 1. The maximum absolute atomic E-state index is 5.65. The molecule has 0 unspecified atom stereocenters. The molecule has 3 rings (SSSR count). The van der Waals surface area contributed by atoms with Crippen molar-refractivity contribution in [1.29, 1.82) is 0 Å². The minimum absolute atomic E-state index is 0.0394. The zero-order valence-corrected chi connectivity index (χ0v) is 12.8. The second kappa shape index (κ2) is 6.48. The average molecular weight is 292 g/mol. The summed E-state index contributed by atoms with van der Waals surface area (Å²) in [5.41, 5.74) is 3.27. The second-order valence-corrected chi connectivity index (χ2v) is 5.21. The van der Waals surface area contributed by atoms with Gasteiger partial charge in [-0.25, -0.2) is 0 Å². The van der Waals surface area contributed by atoms with Crippen LogP contribution in [0.3, 0.4) is 0 Å². The SMILES string of the molecule is C=C(OCC)[C@@H]1CC(c2ccccc2)=NN1c1ccccc1. The number of ether oxygens (including phenoxy) is 1. The van der Waals surface area contributed by atoms with E-state index in [2.05, 4.69) is 30.8 Å². The number of rotatable bonds is 5. The van der Waals surface area contributed by atoms with E-state index in [1.54, 1.807) is 0 Å². The highest BCUT2D eigenvalue weighted by molar-refractivity contribution is 6.03. The zero-order valence-electron chi connectivity index (χ0n) is 12.8. The minimum atomic E-state index is 0.0394. The van der Waals surface area contributed by atoms with Gasteiger partial charge in [0.25, 0.3) is 0 Å². The van der Waals surface area contributed by atoms with E-state index < -0.39 is 0 Å². The lowest BCUT2D eigenvalue weighted by Gasteiger charge is -2.24. The quantitative estimate of drug-likeness (QED) is 0.771. The van der Waals surface area contributed by atoms with E-state index in [1.807, 2.05) is 48.3 Å². The van der Waals surface area contributed by atoms with Crippen molar-refractivity contribution in [1.82, 2.24) is 0 Å². The summed E-state index contributed by atoms with van der Waals surface area (Å²) >= 11 is 0. The van der Waals surface area contributed by atoms with Crippen LogP contribution < -0.4 is 5.01 Å².